The van der Waals surface area contributed by atoms with Crippen molar-refractivity contribution in [3.63, 3.8) is 0 Å². The largest absolute Gasteiger partial charge is 0.784 e. The number of benzene rings is 2. The van der Waals surface area contributed by atoms with Gasteiger partial charge < -0.3 is 30.8 Å². The Balaban J connectivity index is 0.000000280. The van der Waals surface area contributed by atoms with Crippen molar-refractivity contribution in [3.8, 4) is 11.5 Å². The second-order valence-electron chi connectivity index (χ2n) is 13.6. The van der Waals surface area contributed by atoms with Crippen molar-refractivity contribution in [2.75, 3.05) is 0 Å². The van der Waals surface area contributed by atoms with Crippen LogP contribution in [0.3, 0.4) is 0 Å². The second kappa shape index (κ2) is 13.4. The minimum Gasteiger partial charge on any atom is -0.784 e. The molecule has 41 heavy (non-hydrogen) atoms. The predicted molar refractivity (Wildman–Crippen MR) is 164 cm³/mol. The second-order valence-corrected chi connectivity index (χ2v) is 13.6. The van der Waals surface area contributed by atoms with E-state index in [1.807, 2.05) is 79.7 Å². The molecule has 0 atom stereocenters. The van der Waals surface area contributed by atoms with Gasteiger partial charge >= 0.3 is 0 Å². The van der Waals surface area contributed by atoms with Crippen molar-refractivity contribution in [2.24, 2.45) is 9.98 Å². The number of phenolic OH excluding ortho intramolecular Hbond substituents is 2. The first-order valence-corrected chi connectivity index (χ1v) is 14.0. The molecule has 2 aliphatic rings. The molecular weight excluding hydrogens is 563 g/mol. The fourth-order valence-electron chi connectivity index (χ4n) is 6.20. The topological polar surface area (TPSA) is 118 Å². The summed E-state index contributed by atoms with van der Waals surface area (Å²) in [6.45, 7) is 15.7. The molecule has 2 N–H and O–H groups in total. The molecule has 9 heteroatoms. The fraction of sp³-hybridized carbons (Fsp3) is 0.562. The van der Waals surface area contributed by atoms with Crippen LogP contribution in [0.1, 0.15) is 92.2 Å². The van der Waals surface area contributed by atoms with Gasteiger partial charge in [-0.3, -0.25) is 9.98 Å². The zero-order chi connectivity index (χ0) is 29.9. The number of rotatable bonds is 4. The number of para-hydroxylation sites is 2. The van der Waals surface area contributed by atoms with Crippen LogP contribution in [0.15, 0.2) is 58.5 Å². The van der Waals surface area contributed by atoms with Gasteiger partial charge in [0, 0.05) is 62.5 Å². The number of hydrogen-bond donors (Lipinski definition) is 2. The van der Waals surface area contributed by atoms with Crippen molar-refractivity contribution in [2.45, 2.75) is 115 Å². The molecule has 8 nitrogen and oxygen atoms in total. The van der Waals surface area contributed by atoms with Gasteiger partial charge in [0.2, 0.25) is 0 Å². The summed E-state index contributed by atoms with van der Waals surface area (Å²) in [6.07, 6.45) is 6.33. The van der Waals surface area contributed by atoms with Crippen molar-refractivity contribution in [1.82, 2.24) is 10.1 Å². The molecule has 2 fully saturated rings. The van der Waals surface area contributed by atoms with Crippen molar-refractivity contribution in [1.29, 1.82) is 0 Å². The Labute approximate surface area is 255 Å². The molecule has 0 aliphatic carbocycles. The maximum atomic E-state index is 12.3. The molecule has 4 rings (SSSR count). The van der Waals surface area contributed by atoms with Gasteiger partial charge in [0.15, 0.2) is 0 Å². The standard InChI is InChI=1S/2C16H23N2O2.Co/c2*1-15(2)9-13(10-16(3,4)18(15)20)17-11-12-7-5-6-8-14(12)19;/h2*5-8,11,13,19H,9-10H2,1-4H3;/q2*-1;. The Bertz CT molecular complexity index is 1080. The normalized spacial score (nSPS) is 22.7. The van der Waals surface area contributed by atoms with E-state index in [-0.39, 0.29) is 40.4 Å². The van der Waals surface area contributed by atoms with Crippen LogP contribution in [0.25, 0.3) is 0 Å². The summed E-state index contributed by atoms with van der Waals surface area (Å²) < 4.78 is 0. The van der Waals surface area contributed by atoms with E-state index in [1.54, 1.807) is 36.7 Å². The number of aromatic hydroxyl groups is 2. The molecule has 0 bridgehead atoms. The third-order valence-corrected chi connectivity index (χ3v) is 7.86. The Morgan fingerprint density at radius 3 is 1.15 bits per heavy atom. The molecule has 0 spiro atoms. The number of phenols is 2. The molecular formula is C32H46CoN4O4-2. The van der Waals surface area contributed by atoms with Crippen molar-refractivity contribution >= 4 is 12.4 Å². The van der Waals surface area contributed by atoms with Gasteiger partial charge in [-0.05, 0) is 105 Å². The first kappa shape index (κ1) is 34.9. The van der Waals surface area contributed by atoms with E-state index in [9.17, 15) is 20.6 Å². The molecule has 0 saturated carbocycles. The molecule has 229 valence electrons. The van der Waals surface area contributed by atoms with Crippen LogP contribution in [0, 0.1) is 10.4 Å². The summed E-state index contributed by atoms with van der Waals surface area (Å²) in [6, 6.07) is 14.5. The van der Waals surface area contributed by atoms with Gasteiger partial charge in [-0.15, -0.1) is 0 Å². The van der Waals surface area contributed by atoms with E-state index in [0.29, 0.717) is 11.1 Å². The third-order valence-electron chi connectivity index (χ3n) is 7.86. The van der Waals surface area contributed by atoms with Crippen LogP contribution in [0.5, 0.6) is 11.5 Å². The van der Waals surface area contributed by atoms with E-state index in [0.717, 1.165) is 25.7 Å². The first-order valence-electron chi connectivity index (χ1n) is 14.0. The summed E-state index contributed by atoms with van der Waals surface area (Å²) in [5.41, 5.74) is -0.226. The Morgan fingerprint density at radius 2 is 0.878 bits per heavy atom. The van der Waals surface area contributed by atoms with Gasteiger partial charge in [0.1, 0.15) is 11.5 Å². The smallest absolute Gasteiger partial charge is 0.124 e. The molecule has 1 radical (unpaired) electrons. The summed E-state index contributed by atoms with van der Waals surface area (Å²) in [5, 5.41) is 46.4. The molecule has 0 unspecified atom stereocenters. The summed E-state index contributed by atoms with van der Waals surface area (Å²) in [5.74, 6) is 0.465. The van der Waals surface area contributed by atoms with Crippen LogP contribution in [-0.2, 0) is 16.8 Å². The first-order chi connectivity index (χ1) is 18.4. The van der Waals surface area contributed by atoms with Gasteiger partial charge in [0.25, 0.3) is 0 Å². The Kier molecular flexibility index (Phi) is 11.4. The minimum atomic E-state index is -0.414. The number of nitrogens with zero attached hydrogens (tertiary/aromatic N) is 4. The van der Waals surface area contributed by atoms with Gasteiger partial charge in [-0.25, -0.2) is 0 Å². The number of hydroxylamine groups is 4. The SMILES string of the molecule is CC1(C)CC(N=Cc2ccccc2O)CC(C)(C)N1[O-].CC1(C)CC(N=Cc2ccccc2O)CC(C)(C)N1[O-].[Co]. The quantitative estimate of drug-likeness (QED) is 0.375. The van der Waals surface area contributed by atoms with Crippen molar-refractivity contribution < 1.29 is 27.0 Å². The van der Waals surface area contributed by atoms with Crippen LogP contribution in [0.4, 0.5) is 0 Å². The third kappa shape index (κ3) is 8.86. The fourth-order valence-corrected chi connectivity index (χ4v) is 6.20. The minimum absolute atomic E-state index is 0. The van der Waals surface area contributed by atoms with Crippen LogP contribution < -0.4 is 0 Å². The Morgan fingerprint density at radius 1 is 0.610 bits per heavy atom. The number of piperidine rings is 2. The van der Waals surface area contributed by atoms with E-state index >= 15 is 0 Å². The van der Waals surface area contributed by atoms with Crippen LogP contribution >= 0.6 is 0 Å². The summed E-state index contributed by atoms with van der Waals surface area (Å²) in [4.78, 5) is 9.18. The van der Waals surface area contributed by atoms with E-state index in [2.05, 4.69) is 9.98 Å². The predicted octanol–water partition coefficient (Wildman–Crippen LogP) is 6.66. The maximum absolute atomic E-state index is 12.3. The average Bonchev–Trinajstić information content (AvgIpc) is 2.85. The number of hydrogen-bond acceptors (Lipinski definition) is 8. The molecule has 2 heterocycles. The summed E-state index contributed by atoms with van der Waals surface area (Å²) >= 11 is 0. The number of aliphatic imine (C=N–C) groups is 2. The van der Waals surface area contributed by atoms with Crippen LogP contribution in [-0.4, -0.2) is 67.0 Å². The summed E-state index contributed by atoms with van der Waals surface area (Å²) in [7, 11) is 0. The van der Waals surface area contributed by atoms with E-state index in [1.165, 1.54) is 10.1 Å². The van der Waals surface area contributed by atoms with Gasteiger partial charge in [0.05, 0.1) is 12.1 Å². The molecule has 2 aromatic rings. The Hall–Kier alpha value is -2.27. The average molecular weight is 610 g/mol. The molecule has 2 aromatic carbocycles. The molecule has 2 aliphatic heterocycles. The van der Waals surface area contributed by atoms with Crippen LogP contribution in [0.2, 0.25) is 0 Å². The van der Waals surface area contributed by atoms with E-state index in [4.69, 9.17) is 0 Å². The molecule has 0 amide bonds. The molecule has 0 aromatic heterocycles. The van der Waals surface area contributed by atoms with Gasteiger partial charge in [-0.2, -0.15) is 0 Å². The zero-order valence-corrected chi connectivity index (χ0v) is 26.6. The molecule has 2 saturated heterocycles. The zero-order valence-electron chi connectivity index (χ0n) is 25.6. The van der Waals surface area contributed by atoms with Crippen molar-refractivity contribution in [3.05, 3.63) is 70.1 Å². The van der Waals surface area contributed by atoms with E-state index < -0.39 is 22.2 Å². The maximum Gasteiger partial charge on any atom is 0.124 e. The monoisotopic (exact) mass is 609 g/mol. The van der Waals surface area contributed by atoms with Gasteiger partial charge in [-0.1, -0.05) is 24.3 Å².